The van der Waals surface area contributed by atoms with Crippen molar-refractivity contribution < 1.29 is 13.6 Å². The predicted octanol–water partition coefficient (Wildman–Crippen LogP) is 4.44. The van der Waals surface area contributed by atoms with Crippen LogP contribution in [0, 0.1) is 11.6 Å². The zero-order chi connectivity index (χ0) is 19.6. The fourth-order valence-electron chi connectivity index (χ4n) is 2.84. The van der Waals surface area contributed by atoms with Crippen LogP contribution in [-0.2, 0) is 4.79 Å². The number of thiazole rings is 1. The van der Waals surface area contributed by atoms with E-state index in [1.807, 2.05) is 43.1 Å². The molecule has 0 aliphatic rings. The van der Waals surface area contributed by atoms with Gasteiger partial charge in [0.25, 0.3) is 0 Å². The molecule has 0 radical (unpaired) electrons. The van der Waals surface area contributed by atoms with Crippen LogP contribution in [0.5, 0.6) is 0 Å². The van der Waals surface area contributed by atoms with Crippen LogP contribution in [0.15, 0.2) is 42.5 Å². The van der Waals surface area contributed by atoms with Gasteiger partial charge in [-0.05, 0) is 39.1 Å². The second kappa shape index (κ2) is 8.10. The molecule has 0 aliphatic carbocycles. The molecule has 1 N–H and O–H groups in total. The van der Waals surface area contributed by atoms with Crippen molar-refractivity contribution in [1.29, 1.82) is 0 Å². The Bertz CT molecular complexity index is 926. The highest BCUT2D eigenvalue weighted by Crippen LogP contribution is 2.28. The Hall–Kier alpha value is -2.38. The summed E-state index contributed by atoms with van der Waals surface area (Å²) in [6.45, 7) is 3.81. The molecule has 0 saturated heterocycles. The van der Waals surface area contributed by atoms with Gasteiger partial charge in [-0.2, -0.15) is 0 Å². The number of fused-ring (bicyclic) bond motifs is 1. The normalized spacial score (nSPS) is 13.7. The Kier molecular flexibility index (Phi) is 5.82. The minimum absolute atomic E-state index is 0.0361. The zero-order valence-electron chi connectivity index (χ0n) is 15.4. The van der Waals surface area contributed by atoms with Crippen molar-refractivity contribution >= 4 is 27.5 Å². The first-order valence-corrected chi connectivity index (χ1v) is 9.47. The molecular weight excluding hydrogens is 368 g/mol. The van der Waals surface area contributed by atoms with Crippen molar-refractivity contribution in [3.05, 3.63) is 64.7 Å². The molecule has 2 atom stereocenters. The van der Waals surface area contributed by atoms with Gasteiger partial charge in [-0.25, -0.2) is 13.8 Å². The summed E-state index contributed by atoms with van der Waals surface area (Å²) in [5.41, 5.74) is 1.20. The molecule has 1 amide bonds. The lowest BCUT2D eigenvalue weighted by Crippen LogP contribution is -2.37. The van der Waals surface area contributed by atoms with E-state index in [1.54, 1.807) is 18.3 Å². The van der Waals surface area contributed by atoms with Crippen molar-refractivity contribution in [1.82, 2.24) is 15.2 Å². The van der Waals surface area contributed by atoms with Crippen LogP contribution in [0.4, 0.5) is 8.78 Å². The third-order valence-corrected chi connectivity index (χ3v) is 5.74. The molecule has 7 heteroatoms. The maximum Gasteiger partial charge on any atom is 0.234 e. The predicted molar refractivity (Wildman–Crippen MR) is 104 cm³/mol. The van der Waals surface area contributed by atoms with Gasteiger partial charge in [0.2, 0.25) is 5.91 Å². The fourth-order valence-corrected chi connectivity index (χ4v) is 3.92. The first-order chi connectivity index (χ1) is 12.8. The highest BCUT2D eigenvalue weighted by Gasteiger charge is 2.20. The maximum absolute atomic E-state index is 13.9. The number of carbonyl (C=O) groups excluding carboxylic acids is 1. The Morgan fingerprint density at radius 2 is 1.96 bits per heavy atom. The van der Waals surface area contributed by atoms with Gasteiger partial charge in [0.15, 0.2) is 0 Å². The Balaban J connectivity index is 1.62. The molecular formula is C20H21F2N3OS. The summed E-state index contributed by atoms with van der Waals surface area (Å²) >= 11 is 1.61. The molecule has 4 nitrogen and oxygen atoms in total. The van der Waals surface area contributed by atoms with E-state index in [-0.39, 0.29) is 24.1 Å². The molecule has 3 rings (SSSR count). The van der Waals surface area contributed by atoms with Crippen LogP contribution in [-0.4, -0.2) is 29.4 Å². The molecule has 1 heterocycles. The van der Waals surface area contributed by atoms with Crippen molar-refractivity contribution in [3.63, 3.8) is 0 Å². The summed E-state index contributed by atoms with van der Waals surface area (Å²) in [5, 5.41) is 3.69. The fraction of sp³-hybridized carbons (Fsp3) is 0.300. The number of halogens is 2. The van der Waals surface area contributed by atoms with Gasteiger partial charge < -0.3 is 5.32 Å². The van der Waals surface area contributed by atoms with Gasteiger partial charge in [-0.1, -0.05) is 18.2 Å². The van der Waals surface area contributed by atoms with Crippen LogP contribution in [0.25, 0.3) is 10.2 Å². The minimum atomic E-state index is -0.668. The van der Waals surface area contributed by atoms with E-state index in [2.05, 4.69) is 10.3 Å². The maximum atomic E-state index is 13.9. The minimum Gasteiger partial charge on any atom is -0.348 e. The molecule has 3 aromatic rings. The number of hydrogen-bond acceptors (Lipinski definition) is 4. The van der Waals surface area contributed by atoms with Crippen molar-refractivity contribution in [2.75, 3.05) is 13.6 Å². The third kappa shape index (κ3) is 4.48. The second-order valence-electron chi connectivity index (χ2n) is 6.57. The van der Waals surface area contributed by atoms with Gasteiger partial charge >= 0.3 is 0 Å². The van der Waals surface area contributed by atoms with Gasteiger partial charge in [0.05, 0.1) is 28.8 Å². The molecule has 0 fully saturated rings. The highest BCUT2D eigenvalue weighted by molar-refractivity contribution is 7.18. The van der Waals surface area contributed by atoms with E-state index >= 15 is 0 Å². The summed E-state index contributed by atoms with van der Waals surface area (Å²) in [6, 6.07) is 10.7. The quantitative estimate of drug-likeness (QED) is 0.678. The summed E-state index contributed by atoms with van der Waals surface area (Å²) in [7, 11) is 1.85. The average Bonchev–Trinajstić information content (AvgIpc) is 3.04. The van der Waals surface area contributed by atoms with Crippen LogP contribution < -0.4 is 5.32 Å². The van der Waals surface area contributed by atoms with Crippen molar-refractivity contribution in [2.24, 2.45) is 0 Å². The van der Waals surface area contributed by atoms with E-state index < -0.39 is 17.7 Å². The summed E-state index contributed by atoms with van der Waals surface area (Å²) in [5.74, 6) is -1.54. The molecule has 142 valence electrons. The van der Waals surface area contributed by atoms with Crippen LogP contribution >= 0.6 is 11.3 Å². The molecule has 0 spiro atoms. The zero-order valence-corrected chi connectivity index (χ0v) is 16.2. The standard InChI is InChI=1S/C20H21F2N3OS/c1-12(15-9-8-14(21)10-16(15)22)23-19(26)11-25(3)13(2)20-24-17-6-4-5-7-18(17)27-20/h4-10,12-13H,11H2,1-3H3,(H,23,26)/t12-,13-/m0/s1. The number of hydrogen-bond donors (Lipinski definition) is 1. The monoisotopic (exact) mass is 389 g/mol. The number of nitrogens with one attached hydrogen (secondary N) is 1. The Morgan fingerprint density at radius 3 is 2.67 bits per heavy atom. The van der Waals surface area contributed by atoms with E-state index in [0.717, 1.165) is 21.3 Å². The van der Waals surface area contributed by atoms with Gasteiger partial charge in [0.1, 0.15) is 16.6 Å². The van der Waals surface area contributed by atoms with Crippen LogP contribution in [0.2, 0.25) is 0 Å². The number of carbonyl (C=O) groups is 1. The van der Waals surface area contributed by atoms with E-state index in [1.165, 1.54) is 12.1 Å². The van der Waals surface area contributed by atoms with Gasteiger partial charge in [0, 0.05) is 11.6 Å². The smallest absolute Gasteiger partial charge is 0.234 e. The number of rotatable bonds is 6. The Morgan fingerprint density at radius 1 is 1.22 bits per heavy atom. The first-order valence-electron chi connectivity index (χ1n) is 8.65. The van der Waals surface area contributed by atoms with Crippen LogP contribution in [0.3, 0.4) is 0 Å². The number of para-hydroxylation sites is 1. The molecule has 0 saturated carbocycles. The first kappa shape index (κ1) is 19.4. The molecule has 27 heavy (non-hydrogen) atoms. The molecule has 2 aromatic carbocycles. The Labute approximate surface area is 160 Å². The van der Waals surface area contributed by atoms with Gasteiger partial charge in [-0.3, -0.25) is 9.69 Å². The lowest BCUT2D eigenvalue weighted by atomic mass is 10.1. The second-order valence-corrected chi connectivity index (χ2v) is 7.63. The molecule has 1 aromatic heterocycles. The number of likely N-dealkylation sites (N-methyl/N-ethyl adjacent to an activating group) is 1. The molecule has 0 unspecified atom stereocenters. The van der Waals surface area contributed by atoms with Gasteiger partial charge in [-0.15, -0.1) is 11.3 Å². The molecule has 0 bridgehead atoms. The van der Waals surface area contributed by atoms with E-state index in [9.17, 15) is 13.6 Å². The number of amides is 1. The number of nitrogens with zero attached hydrogens (tertiary/aromatic N) is 2. The van der Waals surface area contributed by atoms with E-state index in [0.29, 0.717) is 0 Å². The SMILES string of the molecule is C[C@H](NC(=O)CN(C)[C@@H](C)c1nc2ccccc2s1)c1ccc(F)cc1F. The largest absolute Gasteiger partial charge is 0.348 e. The summed E-state index contributed by atoms with van der Waals surface area (Å²) in [6.07, 6.45) is 0. The van der Waals surface area contributed by atoms with E-state index in [4.69, 9.17) is 0 Å². The lowest BCUT2D eigenvalue weighted by molar-refractivity contribution is -0.123. The van der Waals surface area contributed by atoms with Crippen molar-refractivity contribution in [2.45, 2.75) is 25.9 Å². The highest BCUT2D eigenvalue weighted by atomic mass is 32.1. The number of benzene rings is 2. The van der Waals surface area contributed by atoms with Crippen LogP contribution in [0.1, 0.15) is 36.5 Å². The number of aromatic nitrogens is 1. The average molecular weight is 389 g/mol. The van der Waals surface area contributed by atoms with Crippen molar-refractivity contribution in [3.8, 4) is 0 Å². The third-order valence-electron chi connectivity index (χ3n) is 4.53. The molecule has 0 aliphatic heterocycles. The lowest BCUT2D eigenvalue weighted by Gasteiger charge is -2.23. The topological polar surface area (TPSA) is 45.2 Å². The summed E-state index contributed by atoms with van der Waals surface area (Å²) in [4.78, 5) is 18.9. The summed E-state index contributed by atoms with van der Waals surface area (Å²) < 4.78 is 28.0.